The Labute approximate surface area is 581 Å². The van der Waals surface area contributed by atoms with Gasteiger partial charge in [0.15, 0.2) is 12.2 Å². The van der Waals surface area contributed by atoms with E-state index in [9.17, 15) is 43.2 Å². The third-order valence-electron chi connectivity index (χ3n) is 18.1. The summed E-state index contributed by atoms with van der Waals surface area (Å²) in [6.07, 6.45) is 55.5. The summed E-state index contributed by atoms with van der Waals surface area (Å²) in [5.74, 6) is -0.634. The van der Waals surface area contributed by atoms with Gasteiger partial charge < -0.3 is 33.8 Å². The van der Waals surface area contributed by atoms with Crippen LogP contribution in [0.15, 0.2) is 0 Å². The minimum atomic E-state index is -4.96. The molecule has 564 valence electrons. The van der Waals surface area contributed by atoms with Crippen LogP contribution < -0.4 is 0 Å². The van der Waals surface area contributed by atoms with E-state index in [4.69, 9.17) is 37.0 Å². The maximum absolute atomic E-state index is 13.1. The van der Waals surface area contributed by atoms with Crippen LogP contribution in [0.3, 0.4) is 0 Å². The largest absolute Gasteiger partial charge is 0.472 e. The van der Waals surface area contributed by atoms with Crippen molar-refractivity contribution in [3.8, 4) is 0 Å². The Morgan fingerprint density at radius 2 is 0.537 bits per heavy atom. The number of esters is 4. The molecular formula is C76H148O17P2. The average molecular weight is 1400 g/mol. The second-order valence-corrected chi connectivity index (χ2v) is 31.0. The molecule has 0 aromatic heterocycles. The lowest BCUT2D eigenvalue weighted by Gasteiger charge is -2.21. The van der Waals surface area contributed by atoms with Gasteiger partial charge in [0.1, 0.15) is 19.3 Å². The second-order valence-electron chi connectivity index (χ2n) is 28.1. The summed E-state index contributed by atoms with van der Waals surface area (Å²) in [6, 6.07) is 0. The molecule has 0 rings (SSSR count). The lowest BCUT2D eigenvalue weighted by Crippen LogP contribution is -2.30. The minimum absolute atomic E-state index is 0.105. The lowest BCUT2D eigenvalue weighted by molar-refractivity contribution is -0.161. The highest BCUT2D eigenvalue weighted by atomic mass is 31.2. The second kappa shape index (κ2) is 67.9. The molecule has 19 heteroatoms. The van der Waals surface area contributed by atoms with Crippen LogP contribution in [-0.4, -0.2) is 96.7 Å². The van der Waals surface area contributed by atoms with Gasteiger partial charge >= 0.3 is 39.5 Å². The van der Waals surface area contributed by atoms with Crippen molar-refractivity contribution >= 4 is 39.5 Å². The van der Waals surface area contributed by atoms with Gasteiger partial charge in [-0.25, -0.2) is 9.13 Å². The van der Waals surface area contributed by atoms with Crippen molar-refractivity contribution in [3.63, 3.8) is 0 Å². The fraction of sp³-hybridized carbons (Fsp3) is 0.947. The van der Waals surface area contributed by atoms with Gasteiger partial charge in [0, 0.05) is 25.7 Å². The zero-order valence-electron chi connectivity index (χ0n) is 62.0. The summed E-state index contributed by atoms with van der Waals surface area (Å²) in [5, 5.41) is 10.6. The molecule has 0 heterocycles. The molecule has 0 aliphatic heterocycles. The molecule has 0 saturated heterocycles. The molecule has 3 N–H and O–H groups in total. The number of aliphatic hydroxyl groups is 1. The molecule has 6 atom stereocenters. The number of carbonyl (C=O) groups is 4. The number of rotatable bonds is 75. The number of unbranched alkanes of at least 4 members (excludes halogenated alkanes) is 44. The summed E-state index contributed by atoms with van der Waals surface area (Å²) >= 11 is 0. The van der Waals surface area contributed by atoms with Crippen molar-refractivity contribution in [2.45, 2.75) is 413 Å². The third kappa shape index (κ3) is 69.0. The van der Waals surface area contributed by atoms with Gasteiger partial charge in [-0.1, -0.05) is 343 Å². The number of hydrogen-bond acceptors (Lipinski definition) is 15. The smallest absolute Gasteiger partial charge is 0.462 e. The van der Waals surface area contributed by atoms with Crippen molar-refractivity contribution in [1.29, 1.82) is 0 Å². The minimum Gasteiger partial charge on any atom is -0.462 e. The summed E-state index contributed by atoms with van der Waals surface area (Å²) in [5.41, 5.74) is 0. The first-order valence-electron chi connectivity index (χ1n) is 39.5. The van der Waals surface area contributed by atoms with Gasteiger partial charge in [-0.3, -0.25) is 37.3 Å². The summed E-state index contributed by atoms with van der Waals surface area (Å²) < 4.78 is 68.5. The van der Waals surface area contributed by atoms with Crippen molar-refractivity contribution in [1.82, 2.24) is 0 Å². The van der Waals surface area contributed by atoms with Gasteiger partial charge in [0.2, 0.25) is 0 Å². The van der Waals surface area contributed by atoms with E-state index in [0.29, 0.717) is 31.6 Å². The number of phosphoric ester groups is 2. The monoisotopic (exact) mass is 1400 g/mol. The summed E-state index contributed by atoms with van der Waals surface area (Å²) in [6.45, 7) is 9.54. The van der Waals surface area contributed by atoms with E-state index in [1.165, 1.54) is 205 Å². The molecule has 0 aromatic rings. The van der Waals surface area contributed by atoms with E-state index in [1.807, 2.05) is 0 Å². The predicted octanol–water partition coefficient (Wildman–Crippen LogP) is 22.3. The highest BCUT2D eigenvalue weighted by Gasteiger charge is 2.30. The highest BCUT2D eigenvalue weighted by Crippen LogP contribution is 2.45. The van der Waals surface area contributed by atoms with Gasteiger partial charge in [-0.2, -0.15) is 0 Å². The highest BCUT2D eigenvalue weighted by molar-refractivity contribution is 7.47. The van der Waals surface area contributed by atoms with Crippen LogP contribution in [0.25, 0.3) is 0 Å². The molecular weight excluding hydrogens is 1250 g/mol. The Kier molecular flexibility index (Phi) is 66.5. The first-order chi connectivity index (χ1) is 45.9. The molecule has 0 saturated carbocycles. The molecule has 0 amide bonds. The molecule has 3 unspecified atom stereocenters. The van der Waals surface area contributed by atoms with Crippen molar-refractivity contribution in [2.24, 2.45) is 11.8 Å². The van der Waals surface area contributed by atoms with Crippen LogP contribution in [0.5, 0.6) is 0 Å². The van der Waals surface area contributed by atoms with Crippen LogP contribution in [0, 0.1) is 11.8 Å². The topological polar surface area (TPSA) is 237 Å². The standard InChI is InChI=1S/C76H148O17P2/c1-7-10-12-14-16-18-20-22-24-26-28-30-35-39-46-52-58-73(78)86-64-71(92-75(80)60-54-48-40-36-31-29-27-25-23-21-19-17-15-13-11-8-2)66-90-94(82,83)88-62-70(77)63-89-95(84,85)91-67-72(65-87-74(79)59-53-47-43-42-44-50-56-68(4)5)93-76(81)61-55-49-41-37-33-32-34-38-45-51-57-69(6)9-3/h68-72,77H,7-67H2,1-6H3,(H,82,83)(H,84,85)/t69?,70-,71-,72-/m1/s1. The van der Waals surface area contributed by atoms with E-state index < -0.39 is 97.5 Å². The Hall–Kier alpha value is -1.94. The van der Waals surface area contributed by atoms with Crippen molar-refractivity contribution in [2.75, 3.05) is 39.6 Å². The molecule has 0 radical (unpaired) electrons. The van der Waals surface area contributed by atoms with Gasteiger partial charge in [0.05, 0.1) is 26.4 Å². The van der Waals surface area contributed by atoms with Gasteiger partial charge in [0.25, 0.3) is 0 Å². The van der Waals surface area contributed by atoms with Crippen LogP contribution >= 0.6 is 15.6 Å². The fourth-order valence-electron chi connectivity index (χ4n) is 11.6. The van der Waals surface area contributed by atoms with E-state index >= 15 is 0 Å². The quantitative estimate of drug-likeness (QED) is 0.0222. The van der Waals surface area contributed by atoms with Crippen molar-refractivity contribution < 1.29 is 80.2 Å². The Morgan fingerprint density at radius 1 is 0.305 bits per heavy atom. The first-order valence-corrected chi connectivity index (χ1v) is 42.5. The van der Waals surface area contributed by atoms with E-state index in [2.05, 4.69) is 41.5 Å². The van der Waals surface area contributed by atoms with Crippen LogP contribution in [0.4, 0.5) is 0 Å². The normalized spacial score (nSPS) is 14.3. The SMILES string of the molecule is CCCCCCCCCCCCCCCCCCC(=O)OC[C@H](COP(=O)(O)OC[C@@H](O)COP(=O)(O)OC[C@@H](COC(=O)CCCCCCCCC(C)C)OC(=O)CCCCCCCCCCCCC(C)CC)OC(=O)CCCCCCCCCCCCCCCCCC. The Morgan fingerprint density at radius 3 is 0.800 bits per heavy atom. The van der Waals surface area contributed by atoms with Crippen molar-refractivity contribution in [3.05, 3.63) is 0 Å². The number of hydrogen-bond donors (Lipinski definition) is 3. The zero-order chi connectivity index (χ0) is 70.0. The zero-order valence-corrected chi connectivity index (χ0v) is 63.8. The van der Waals surface area contributed by atoms with Crippen LogP contribution in [0.1, 0.15) is 395 Å². The molecule has 0 aliphatic rings. The van der Waals surface area contributed by atoms with Gasteiger partial charge in [-0.05, 0) is 37.5 Å². The number of ether oxygens (including phenoxy) is 4. The lowest BCUT2D eigenvalue weighted by atomic mass is 9.99. The molecule has 0 spiro atoms. The van der Waals surface area contributed by atoms with E-state index in [0.717, 1.165) is 102 Å². The third-order valence-corrected chi connectivity index (χ3v) is 20.0. The van der Waals surface area contributed by atoms with E-state index in [1.54, 1.807) is 0 Å². The average Bonchev–Trinajstić information content (AvgIpc) is 1.87. The Bertz CT molecular complexity index is 1840. The molecule has 95 heavy (non-hydrogen) atoms. The van der Waals surface area contributed by atoms with Crippen LogP contribution in [-0.2, 0) is 65.4 Å². The van der Waals surface area contributed by atoms with E-state index in [-0.39, 0.29) is 25.7 Å². The fourth-order valence-corrected chi connectivity index (χ4v) is 13.2. The molecule has 0 aromatic carbocycles. The number of aliphatic hydroxyl groups excluding tert-OH is 1. The number of carbonyl (C=O) groups excluding carboxylic acids is 4. The Balaban J connectivity index is 5.24. The summed E-state index contributed by atoms with van der Waals surface area (Å²) in [7, 11) is -9.91. The van der Waals surface area contributed by atoms with Crippen LogP contribution in [0.2, 0.25) is 0 Å². The van der Waals surface area contributed by atoms with Gasteiger partial charge in [-0.15, -0.1) is 0 Å². The predicted molar refractivity (Wildman–Crippen MR) is 386 cm³/mol. The molecule has 0 bridgehead atoms. The molecule has 0 aliphatic carbocycles. The maximum atomic E-state index is 13.1. The maximum Gasteiger partial charge on any atom is 0.472 e. The summed E-state index contributed by atoms with van der Waals surface area (Å²) in [4.78, 5) is 72.8. The number of phosphoric acid groups is 2. The molecule has 0 fully saturated rings. The first kappa shape index (κ1) is 93.1. The molecule has 17 nitrogen and oxygen atoms in total.